The first-order chi connectivity index (χ1) is 20.9. The fourth-order valence-corrected chi connectivity index (χ4v) is 5.56. The van der Waals surface area contributed by atoms with Gasteiger partial charge in [0, 0.05) is 17.8 Å². The molecule has 44 heavy (non-hydrogen) atoms. The number of esters is 2. The van der Waals surface area contributed by atoms with E-state index in [0.717, 1.165) is 12.0 Å². The third-order valence-electron chi connectivity index (χ3n) is 7.36. The van der Waals surface area contributed by atoms with Crippen LogP contribution in [0.5, 0.6) is 5.75 Å². The van der Waals surface area contributed by atoms with Gasteiger partial charge in [-0.3, -0.25) is 15.0 Å². The predicted molar refractivity (Wildman–Crippen MR) is 164 cm³/mol. The van der Waals surface area contributed by atoms with Crippen LogP contribution in [0.25, 0.3) is 0 Å². The normalized spacial score (nSPS) is 21.0. The first kappa shape index (κ1) is 32.7. The van der Waals surface area contributed by atoms with E-state index in [0.29, 0.717) is 29.1 Å². The smallest absolute Gasteiger partial charge is 0.337 e. The highest BCUT2D eigenvalue weighted by Gasteiger charge is 2.40. The molecule has 2 aromatic rings. The molecule has 11 nitrogen and oxygen atoms in total. The summed E-state index contributed by atoms with van der Waals surface area (Å²) >= 11 is 12.8. The number of nitrogens with one attached hydrogen (secondary N) is 3. The third-order valence-corrected chi connectivity index (χ3v) is 8.19. The van der Waals surface area contributed by atoms with Crippen LogP contribution < -0.4 is 20.9 Å². The highest BCUT2D eigenvalue weighted by molar-refractivity contribution is 6.42. The molecule has 232 valence electrons. The molecule has 4 rings (SSSR count). The van der Waals surface area contributed by atoms with Gasteiger partial charge in [0.15, 0.2) is 12.5 Å². The van der Waals surface area contributed by atoms with Gasteiger partial charge in [0.05, 0.1) is 40.3 Å². The molecule has 2 aromatic carbocycles. The second-order valence-corrected chi connectivity index (χ2v) is 11.2. The number of benzene rings is 2. The third kappa shape index (κ3) is 7.12. The van der Waals surface area contributed by atoms with E-state index in [1.165, 1.54) is 14.0 Å². The number of nitrogens with zero attached hydrogens (tertiary/aromatic N) is 1. The number of ether oxygens (including phenoxy) is 3. The molecule has 0 aliphatic carbocycles. The van der Waals surface area contributed by atoms with Gasteiger partial charge in [0.25, 0.3) is 5.91 Å². The maximum atomic E-state index is 13.5. The largest absolute Gasteiger partial charge is 0.466 e. The lowest BCUT2D eigenvalue weighted by molar-refractivity contribution is -0.150. The molecule has 0 saturated carbocycles. The molecule has 3 N–H and O–H groups in total. The molecule has 2 aliphatic rings. The van der Waals surface area contributed by atoms with Gasteiger partial charge < -0.3 is 19.5 Å². The van der Waals surface area contributed by atoms with E-state index in [1.807, 2.05) is 19.1 Å². The van der Waals surface area contributed by atoms with Crippen LogP contribution in [0.1, 0.15) is 57.2 Å². The van der Waals surface area contributed by atoms with Crippen LogP contribution in [-0.4, -0.2) is 43.4 Å². The van der Waals surface area contributed by atoms with Crippen molar-refractivity contribution in [2.75, 3.05) is 7.11 Å². The van der Waals surface area contributed by atoms with Crippen LogP contribution in [-0.2, 0) is 28.7 Å². The van der Waals surface area contributed by atoms with Crippen LogP contribution in [0, 0.1) is 5.92 Å². The van der Waals surface area contributed by atoms with Gasteiger partial charge >= 0.3 is 11.9 Å². The second kappa shape index (κ2) is 14.1. The van der Waals surface area contributed by atoms with Crippen LogP contribution >= 0.6 is 23.2 Å². The van der Waals surface area contributed by atoms with Crippen molar-refractivity contribution in [3.05, 3.63) is 86.2 Å². The van der Waals surface area contributed by atoms with E-state index >= 15 is 0 Å². The first-order valence-corrected chi connectivity index (χ1v) is 14.5. The Kier molecular flexibility index (Phi) is 10.5. The van der Waals surface area contributed by atoms with Crippen molar-refractivity contribution in [3.8, 4) is 5.75 Å². The molecule has 1 saturated heterocycles. The second-order valence-electron chi connectivity index (χ2n) is 10.4. The van der Waals surface area contributed by atoms with E-state index in [2.05, 4.69) is 21.2 Å². The number of allylic oxidation sites excluding steroid dienone is 2. The Morgan fingerprint density at radius 2 is 1.68 bits per heavy atom. The molecule has 2 heterocycles. The average molecular weight is 644 g/mol. The van der Waals surface area contributed by atoms with Crippen molar-refractivity contribution in [2.24, 2.45) is 10.9 Å². The quantitative estimate of drug-likeness (QED) is 0.212. The summed E-state index contributed by atoms with van der Waals surface area (Å²) in [4.78, 5) is 54.4. The minimum atomic E-state index is -1.29. The number of amides is 2. The van der Waals surface area contributed by atoms with Gasteiger partial charge in [0.1, 0.15) is 5.75 Å². The van der Waals surface area contributed by atoms with Gasteiger partial charge in [-0.2, -0.15) is 4.99 Å². The van der Waals surface area contributed by atoms with Gasteiger partial charge in [0.2, 0.25) is 5.91 Å². The molecule has 0 aromatic heterocycles. The van der Waals surface area contributed by atoms with Crippen LogP contribution in [0.3, 0.4) is 0 Å². The zero-order chi connectivity index (χ0) is 32.1. The Labute approximate surface area is 264 Å². The van der Waals surface area contributed by atoms with E-state index in [9.17, 15) is 19.2 Å². The highest BCUT2D eigenvalue weighted by atomic mass is 35.5. The summed E-state index contributed by atoms with van der Waals surface area (Å²) in [5.41, 5.74) is 8.05. The maximum absolute atomic E-state index is 13.5. The molecule has 2 aliphatic heterocycles. The Hall–Kier alpha value is -4.19. The van der Waals surface area contributed by atoms with E-state index in [1.54, 1.807) is 44.2 Å². The first-order valence-electron chi connectivity index (χ1n) is 13.7. The number of hydrogen-bond donors (Lipinski definition) is 3. The number of hydrogen-bond acceptors (Lipinski definition) is 9. The lowest BCUT2D eigenvalue weighted by Gasteiger charge is -2.31. The van der Waals surface area contributed by atoms with E-state index < -0.39 is 29.9 Å². The number of hydrazine groups is 1. The zero-order valence-electron chi connectivity index (χ0n) is 24.7. The van der Waals surface area contributed by atoms with Crippen molar-refractivity contribution in [3.63, 3.8) is 0 Å². The molecule has 1 fully saturated rings. The molecule has 13 heteroatoms. The topological polar surface area (TPSA) is 144 Å². The van der Waals surface area contributed by atoms with Crippen molar-refractivity contribution in [2.45, 2.75) is 52.2 Å². The maximum Gasteiger partial charge on any atom is 0.337 e. The standard InChI is InChI=1S/C31H32Cl2N4O7/c1-15-13-23(38)36-37-28(15)19-9-11-20(12-10-19)43-14-34-29(39)18(4)44-31(41)25-17(3)35-16(2)24(30(40)42-5)26(25)21-7-6-8-22(32)27(21)33/h6-12,14-15,18,26,28,35,37H,13H2,1-5H3,(H,36,38). The monoisotopic (exact) mass is 642 g/mol. The summed E-state index contributed by atoms with van der Waals surface area (Å²) in [6, 6.07) is 11.9. The summed E-state index contributed by atoms with van der Waals surface area (Å²) in [7, 11) is 1.23. The van der Waals surface area contributed by atoms with Crippen molar-refractivity contribution in [1.29, 1.82) is 0 Å². The fourth-order valence-electron chi connectivity index (χ4n) is 5.15. The number of halogens is 2. The Balaban J connectivity index is 1.46. The molecular formula is C31H32Cl2N4O7. The minimum Gasteiger partial charge on any atom is -0.466 e. The zero-order valence-corrected chi connectivity index (χ0v) is 26.2. The number of methoxy groups -OCH3 is 1. The van der Waals surface area contributed by atoms with Crippen molar-refractivity contribution >= 4 is 53.4 Å². The van der Waals surface area contributed by atoms with E-state index in [4.69, 9.17) is 37.4 Å². The molecule has 4 atom stereocenters. The lowest BCUT2D eigenvalue weighted by atomic mass is 9.80. The summed E-state index contributed by atoms with van der Waals surface area (Å²) in [6.45, 7) is 6.67. The lowest BCUT2D eigenvalue weighted by Crippen LogP contribution is -2.48. The molecule has 0 spiro atoms. The summed E-state index contributed by atoms with van der Waals surface area (Å²) in [6.07, 6.45) is 0.0909. The van der Waals surface area contributed by atoms with Gasteiger partial charge in [-0.25, -0.2) is 15.0 Å². The molecule has 0 bridgehead atoms. The van der Waals surface area contributed by atoms with Crippen molar-refractivity contribution < 1.29 is 33.4 Å². The predicted octanol–water partition coefficient (Wildman–Crippen LogP) is 4.67. The minimum absolute atomic E-state index is 0.0525. The fraction of sp³-hybridized carbons (Fsp3) is 0.323. The van der Waals surface area contributed by atoms with Gasteiger partial charge in [-0.1, -0.05) is 54.4 Å². The molecule has 4 unspecified atom stereocenters. The Bertz CT molecular complexity index is 1570. The molecule has 2 amide bonds. The average Bonchev–Trinajstić information content (AvgIpc) is 2.98. The Morgan fingerprint density at radius 1 is 1.02 bits per heavy atom. The van der Waals surface area contributed by atoms with Gasteiger partial charge in [-0.05, 0) is 56.0 Å². The number of dihydropyridines is 1. The van der Waals surface area contributed by atoms with Crippen LogP contribution in [0.15, 0.2) is 70.0 Å². The van der Waals surface area contributed by atoms with Crippen LogP contribution in [0.4, 0.5) is 0 Å². The number of rotatable bonds is 8. The number of aliphatic imine (C=N–C) groups is 1. The van der Waals surface area contributed by atoms with Crippen LogP contribution in [0.2, 0.25) is 10.0 Å². The number of carbonyl (C=O) groups is 4. The summed E-state index contributed by atoms with van der Waals surface area (Å²) in [5, 5.41) is 3.41. The molecule has 0 radical (unpaired) electrons. The van der Waals surface area contributed by atoms with E-state index in [-0.39, 0.29) is 39.1 Å². The Morgan fingerprint density at radius 3 is 2.32 bits per heavy atom. The highest BCUT2D eigenvalue weighted by Crippen LogP contribution is 2.43. The summed E-state index contributed by atoms with van der Waals surface area (Å²) in [5.74, 6) is -2.82. The number of carbonyl (C=O) groups excluding carboxylic acids is 4. The van der Waals surface area contributed by atoms with Crippen molar-refractivity contribution in [1.82, 2.24) is 16.2 Å². The SMILES string of the molecule is COC(=O)C1=C(C)NC(C)=C(C(=O)OC(C)C(=O)N=COc2ccc(C3NNC(=O)CC3C)cc2)C1c1cccc(Cl)c1Cl. The molecular weight excluding hydrogens is 611 g/mol. The summed E-state index contributed by atoms with van der Waals surface area (Å²) < 4.78 is 16.0. The van der Waals surface area contributed by atoms with Gasteiger partial charge in [-0.15, -0.1) is 0 Å².